The number of benzene rings is 1. The molecule has 1 aromatic heterocycles. The van der Waals surface area contributed by atoms with E-state index in [-0.39, 0.29) is 18.3 Å². The summed E-state index contributed by atoms with van der Waals surface area (Å²) in [6.07, 6.45) is -1.01. The van der Waals surface area contributed by atoms with E-state index in [4.69, 9.17) is 26.8 Å². The lowest BCUT2D eigenvalue weighted by molar-refractivity contribution is -0.149. The number of nitrogen functional groups attached to an aromatic ring is 1. The van der Waals surface area contributed by atoms with Gasteiger partial charge in [-0.15, -0.1) is 0 Å². The van der Waals surface area contributed by atoms with Crippen LogP contribution in [0.15, 0.2) is 27.8 Å². The van der Waals surface area contributed by atoms with Gasteiger partial charge in [0, 0.05) is 18.6 Å². The summed E-state index contributed by atoms with van der Waals surface area (Å²) in [4.78, 5) is 49.7. The normalized spacial score (nSPS) is 12.0. The van der Waals surface area contributed by atoms with E-state index in [1.807, 2.05) is 13.8 Å². The van der Waals surface area contributed by atoms with E-state index in [0.29, 0.717) is 10.8 Å². The molecule has 0 aliphatic carbocycles. The number of esters is 1. The molecule has 1 unspecified atom stereocenters. The van der Waals surface area contributed by atoms with Crippen molar-refractivity contribution in [2.45, 2.75) is 40.3 Å². The molecule has 0 spiro atoms. The summed E-state index contributed by atoms with van der Waals surface area (Å²) in [6, 6.07) is 4.92. The van der Waals surface area contributed by atoms with Gasteiger partial charge in [0.2, 0.25) is 5.78 Å². The summed E-state index contributed by atoms with van der Waals surface area (Å²) in [6.45, 7) is 6.48. The number of nitrogens with zero attached hydrogens (tertiary/aromatic N) is 2. The van der Waals surface area contributed by atoms with Gasteiger partial charge in [-0.25, -0.2) is 9.59 Å². The van der Waals surface area contributed by atoms with Crippen molar-refractivity contribution in [1.82, 2.24) is 9.13 Å². The topological polar surface area (TPSA) is 123 Å². The van der Waals surface area contributed by atoms with Crippen LogP contribution >= 0.6 is 11.6 Å². The van der Waals surface area contributed by atoms with Gasteiger partial charge >= 0.3 is 11.7 Å². The van der Waals surface area contributed by atoms with E-state index in [2.05, 4.69) is 0 Å². The number of ketones is 1. The second kappa shape index (κ2) is 9.82. The van der Waals surface area contributed by atoms with Crippen molar-refractivity contribution >= 4 is 29.2 Å². The molecule has 0 saturated carbocycles. The van der Waals surface area contributed by atoms with Crippen LogP contribution in [0.3, 0.4) is 0 Å². The van der Waals surface area contributed by atoms with Gasteiger partial charge in [0.1, 0.15) is 17.1 Å². The monoisotopic (exact) mass is 451 g/mol. The summed E-state index contributed by atoms with van der Waals surface area (Å²) in [7, 11) is 1.26. The molecule has 168 valence electrons. The van der Waals surface area contributed by atoms with Crippen LogP contribution in [0, 0.1) is 12.8 Å². The second-order valence-corrected chi connectivity index (χ2v) is 8.05. The maximum Gasteiger partial charge on any atom is 0.347 e. The Balaban J connectivity index is 2.16. The molecule has 0 aliphatic heterocycles. The lowest BCUT2D eigenvalue weighted by Gasteiger charge is -2.17. The number of ether oxygens (including phenoxy) is 2. The van der Waals surface area contributed by atoms with Gasteiger partial charge in [0.05, 0.1) is 0 Å². The van der Waals surface area contributed by atoms with Crippen LogP contribution in [0.4, 0.5) is 5.82 Å². The molecular formula is C21H26ClN3O6. The molecule has 0 aliphatic rings. The molecule has 1 atom stereocenters. The van der Waals surface area contributed by atoms with E-state index in [0.717, 1.165) is 14.7 Å². The van der Waals surface area contributed by atoms with Crippen LogP contribution in [0.1, 0.15) is 36.7 Å². The Labute approximate surface area is 184 Å². The quantitative estimate of drug-likeness (QED) is 0.480. The molecule has 1 aromatic carbocycles. The number of halogens is 1. The van der Waals surface area contributed by atoms with Crippen molar-refractivity contribution in [3.8, 4) is 5.75 Å². The summed E-state index contributed by atoms with van der Waals surface area (Å²) >= 11 is 5.90. The van der Waals surface area contributed by atoms with E-state index in [1.165, 1.54) is 14.0 Å². The molecule has 2 N–H and O–H groups in total. The van der Waals surface area contributed by atoms with Gasteiger partial charge in [-0.2, -0.15) is 0 Å². The third kappa shape index (κ3) is 5.55. The first-order valence-electron chi connectivity index (χ1n) is 9.66. The molecule has 31 heavy (non-hydrogen) atoms. The molecule has 0 amide bonds. The Morgan fingerprint density at radius 2 is 1.84 bits per heavy atom. The number of rotatable bonds is 8. The highest BCUT2D eigenvalue weighted by molar-refractivity contribution is 6.30. The molecule has 1 heterocycles. The van der Waals surface area contributed by atoms with Gasteiger partial charge in [-0.1, -0.05) is 25.4 Å². The molecular weight excluding hydrogens is 426 g/mol. The Morgan fingerprint density at radius 3 is 2.42 bits per heavy atom. The standard InChI is InChI=1S/C21H26ClN3O6/c1-11(2)9-25-18(23)17(19(27)24(5)21(25)29)15(26)10-30-20(28)13(4)31-16-7-6-14(22)8-12(16)3/h6-8,11,13H,9-10,23H2,1-5H3. The zero-order chi connectivity index (χ0) is 23.5. The zero-order valence-electron chi connectivity index (χ0n) is 18.1. The Hall–Kier alpha value is -3.07. The van der Waals surface area contributed by atoms with Crippen molar-refractivity contribution < 1.29 is 19.1 Å². The first kappa shape index (κ1) is 24.2. The van der Waals surface area contributed by atoms with Gasteiger partial charge in [-0.05, 0) is 43.5 Å². The van der Waals surface area contributed by atoms with Crippen LogP contribution < -0.4 is 21.7 Å². The minimum atomic E-state index is -1.01. The van der Waals surface area contributed by atoms with Crippen LogP contribution in [0.25, 0.3) is 0 Å². The van der Waals surface area contributed by atoms with Crippen LogP contribution in [0.2, 0.25) is 5.02 Å². The lowest BCUT2D eigenvalue weighted by atomic mass is 10.1. The average molecular weight is 452 g/mol. The number of Topliss-reactive ketones (excluding diaryl/α,β-unsaturated/α-hetero) is 1. The Morgan fingerprint density at radius 1 is 1.19 bits per heavy atom. The average Bonchev–Trinajstić information content (AvgIpc) is 2.69. The number of carbonyl (C=O) groups excluding carboxylic acids is 2. The maximum atomic E-state index is 12.6. The SMILES string of the molecule is Cc1cc(Cl)ccc1OC(C)C(=O)OCC(=O)c1c(N)n(CC(C)C)c(=O)n(C)c1=O. The van der Waals surface area contributed by atoms with E-state index < -0.39 is 41.3 Å². The Bertz CT molecular complexity index is 1120. The van der Waals surface area contributed by atoms with Gasteiger partial charge < -0.3 is 15.2 Å². The third-order valence-electron chi connectivity index (χ3n) is 4.53. The molecule has 2 rings (SSSR count). The maximum absolute atomic E-state index is 12.6. The molecule has 0 bridgehead atoms. The Kier molecular flexibility index (Phi) is 7.67. The summed E-state index contributed by atoms with van der Waals surface area (Å²) in [5.41, 5.74) is 4.83. The van der Waals surface area contributed by atoms with Crippen molar-refractivity contribution in [3.63, 3.8) is 0 Å². The highest BCUT2D eigenvalue weighted by Gasteiger charge is 2.24. The number of nitrogens with two attached hydrogens (primary N) is 1. The highest BCUT2D eigenvalue weighted by Crippen LogP contribution is 2.23. The van der Waals surface area contributed by atoms with Gasteiger partial charge in [-0.3, -0.25) is 18.7 Å². The van der Waals surface area contributed by atoms with Crippen molar-refractivity contribution in [3.05, 3.63) is 55.2 Å². The molecule has 0 radical (unpaired) electrons. The number of carbonyl (C=O) groups is 2. The fraction of sp³-hybridized carbons (Fsp3) is 0.429. The molecule has 0 saturated heterocycles. The van der Waals surface area contributed by atoms with Crippen LogP contribution in [-0.2, 0) is 23.1 Å². The van der Waals surface area contributed by atoms with E-state index in [9.17, 15) is 19.2 Å². The number of hydrogen-bond donors (Lipinski definition) is 1. The minimum Gasteiger partial charge on any atom is -0.479 e. The molecule has 0 fully saturated rings. The smallest absolute Gasteiger partial charge is 0.347 e. The van der Waals surface area contributed by atoms with Crippen molar-refractivity contribution in [1.29, 1.82) is 0 Å². The van der Waals surface area contributed by atoms with E-state index >= 15 is 0 Å². The predicted molar refractivity (Wildman–Crippen MR) is 117 cm³/mol. The molecule has 2 aromatic rings. The number of anilines is 1. The largest absolute Gasteiger partial charge is 0.479 e. The van der Waals surface area contributed by atoms with Crippen LogP contribution in [0.5, 0.6) is 5.75 Å². The van der Waals surface area contributed by atoms with E-state index in [1.54, 1.807) is 25.1 Å². The first-order valence-corrected chi connectivity index (χ1v) is 10.0. The molecule has 10 heteroatoms. The predicted octanol–water partition coefficient (Wildman–Crippen LogP) is 1.94. The number of hydrogen-bond acceptors (Lipinski definition) is 7. The summed E-state index contributed by atoms with van der Waals surface area (Å²) in [5.74, 6) is -1.36. The first-order chi connectivity index (χ1) is 14.4. The van der Waals surface area contributed by atoms with Crippen molar-refractivity contribution in [2.24, 2.45) is 13.0 Å². The molecule has 9 nitrogen and oxygen atoms in total. The second-order valence-electron chi connectivity index (χ2n) is 7.61. The minimum absolute atomic E-state index is 0.0487. The zero-order valence-corrected chi connectivity index (χ0v) is 18.9. The fourth-order valence-electron chi connectivity index (χ4n) is 2.90. The third-order valence-corrected chi connectivity index (χ3v) is 4.76. The van der Waals surface area contributed by atoms with Gasteiger partial charge in [0.15, 0.2) is 12.7 Å². The number of aryl methyl sites for hydroxylation is 1. The summed E-state index contributed by atoms with van der Waals surface area (Å²) in [5, 5.41) is 0.531. The van der Waals surface area contributed by atoms with Crippen LogP contribution in [-0.4, -0.2) is 33.6 Å². The lowest BCUT2D eigenvalue weighted by Crippen LogP contribution is -2.43. The fourth-order valence-corrected chi connectivity index (χ4v) is 3.12. The summed E-state index contributed by atoms with van der Waals surface area (Å²) < 4.78 is 12.6. The van der Waals surface area contributed by atoms with Crippen molar-refractivity contribution in [2.75, 3.05) is 12.3 Å². The number of aromatic nitrogens is 2. The highest BCUT2D eigenvalue weighted by atomic mass is 35.5. The van der Waals surface area contributed by atoms with Gasteiger partial charge in [0.25, 0.3) is 5.56 Å².